The quantitative estimate of drug-likeness (QED) is 0.864. The molecule has 1 atom stereocenters. The maximum absolute atomic E-state index is 11.7. The molecule has 1 N–H and O–H groups in total. The average molecular weight is 311 g/mol. The lowest BCUT2D eigenvalue weighted by Gasteiger charge is -2.33. The van der Waals surface area contributed by atoms with E-state index in [1.807, 2.05) is 36.1 Å². The van der Waals surface area contributed by atoms with Crippen molar-refractivity contribution in [3.63, 3.8) is 0 Å². The number of piperazine rings is 1. The smallest absolute Gasteiger partial charge is 0.243 e. The highest BCUT2D eigenvalue weighted by Crippen LogP contribution is 2.17. The van der Waals surface area contributed by atoms with Crippen LogP contribution in [0, 0.1) is 0 Å². The standard InChI is InChI=1S/C13H15BrN2O2/c1-2-11-13(18)15-12(17)8-16(11)7-9-4-3-5-10(14)6-9/h3-6,11H,2,7-8H2,1H3,(H,15,17,18). The number of hydrogen-bond donors (Lipinski definition) is 1. The minimum absolute atomic E-state index is 0.191. The van der Waals surface area contributed by atoms with Crippen LogP contribution in [0.4, 0.5) is 0 Å². The van der Waals surface area contributed by atoms with Crippen LogP contribution in [0.1, 0.15) is 18.9 Å². The molecule has 1 aromatic rings. The molecule has 1 unspecified atom stereocenters. The largest absolute Gasteiger partial charge is 0.294 e. The predicted molar refractivity (Wildman–Crippen MR) is 71.8 cm³/mol. The maximum Gasteiger partial charge on any atom is 0.243 e. The Kier molecular flexibility index (Phi) is 4.14. The molecule has 2 rings (SSSR count). The monoisotopic (exact) mass is 310 g/mol. The van der Waals surface area contributed by atoms with Gasteiger partial charge in [0.2, 0.25) is 11.8 Å². The molecule has 1 aliphatic heterocycles. The molecule has 0 bridgehead atoms. The van der Waals surface area contributed by atoms with Gasteiger partial charge in [-0.15, -0.1) is 0 Å². The first-order valence-corrected chi connectivity index (χ1v) is 6.71. The second-order valence-electron chi connectivity index (χ2n) is 4.37. The Labute approximate surface area is 114 Å². The molecule has 1 aliphatic rings. The number of benzene rings is 1. The van der Waals surface area contributed by atoms with Gasteiger partial charge in [-0.05, 0) is 24.1 Å². The van der Waals surface area contributed by atoms with Gasteiger partial charge in [0, 0.05) is 11.0 Å². The zero-order chi connectivity index (χ0) is 13.1. The van der Waals surface area contributed by atoms with Gasteiger partial charge in [-0.1, -0.05) is 35.0 Å². The molecule has 0 saturated carbocycles. The Balaban J connectivity index is 2.15. The highest BCUT2D eigenvalue weighted by atomic mass is 79.9. The topological polar surface area (TPSA) is 49.4 Å². The minimum atomic E-state index is -0.223. The minimum Gasteiger partial charge on any atom is -0.294 e. The molecule has 5 heteroatoms. The zero-order valence-corrected chi connectivity index (χ0v) is 11.7. The summed E-state index contributed by atoms with van der Waals surface area (Å²) in [4.78, 5) is 25.1. The number of nitrogens with one attached hydrogen (secondary N) is 1. The van der Waals surface area contributed by atoms with Crippen LogP contribution in [-0.4, -0.2) is 29.3 Å². The van der Waals surface area contributed by atoms with E-state index >= 15 is 0 Å². The summed E-state index contributed by atoms with van der Waals surface area (Å²) in [5, 5.41) is 2.38. The lowest BCUT2D eigenvalue weighted by molar-refractivity contribution is -0.140. The van der Waals surface area contributed by atoms with Gasteiger partial charge in [-0.25, -0.2) is 0 Å². The van der Waals surface area contributed by atoms with Gasteiger partial charge in [-0.2, -0.15) is 0 Å². The number of amides is 2. The Morgan fingerprint density at radius 1 is 1.44 bits per heavy atom. The first kappa shape index (κ1) is 13.2. The van der Waals surface area contributed by atoms with E-state index in [0.29, 0.717) is 13.0 Å². The summed E-state index contributed by atoms with van der Waals surface area (Å²) >= 11 is 3.42. The fraction of sp³-hybridized carbons (Fsp3) is 0.385. The maximum atomic E-state index is 11.7. The number of hydrogen-bond acceptors (Lipinski definition) is 3. The van der Waals surface area contributed by atoms with Crippen LogP contribution < -0.4 is 5.32 Å². The summed E-state index contributed by atoms with van der Waals surface area (Å²) in [6.07, 6.45) is 0.702. The Bertz CT molecular complexity index is 476. The predicted octanol–water partition coefficient (Wildman–Crippen LogP) is 1.69. The van der Waals surface area contributed by atoms with Crippen LogP contribution in [0.25, 0.3) is 0 Å². The third-order valence-electron chi connectivity index (χ3n) is 3.01. The highest BCUT2D eigenvalue weighted by molar-refractivity contribution is 9.10. The molecule has 1 aromatic carbocycles. The summed E-state index contributed by atoms with van der Waals surface area (Å²) in [6, 6.07) is 7.68. The van der Waals surface area contributed by atoms with Gasteiger partial charge in [0.25, 0.3) is 0 Å². The van der Waals surface area contributed by atoms with E-state index in [2.05, 4.69) is 21.2 Å². The van der Waals surface area contributed by atoms with Crippen LogP contribution in [0.2, 0.25) is 0 Å². The molecule has 1 heterocycles. The van der Waals surface area contributed by atoms with Crippen molar-refractivity contribution in [2.24, 2.45) is 0 Å². The van der Waals surface area contributed by atoms with Crippen molar-refractivity contribution in [1.29, 1.82) is 0 Å². The number of rotatable bonds is 3. The molecule has 1 fully saturated rings. The van der Waals surface area contributed by atoms with Crippen LogP contribution in [-0.2, 0) is 16.1 Å². The molecule has 96 valence electrons. The molecule has 0 spiro atoms. The van der Waals surface area contributed by atoms with E-state index in [9.17, 15) is 9.59 Å². The normalized spacial score (nSPS) is 20.9. The lowest BCUT2D eigenvalue weighted by atomic mass is 10.1. The molecule has 0 aromatic heterocycles. The van der Waals surface area contributed by atoms with E-state index in [-0.39, 0.29) is 24.4 Å². The summed E-state index contributed by atoms with van der Waals surface area (Å²) in [7, 11) is 0. The van der Waals surface area contributed by atoms with Crippen molar-refractivity contribution in [3.05, 3.63) is 34.3 Å². The third kappa shape index (κ3) is 2.97. The van der Waals surface area contributed by atoms with Crippen molar-refractivity contribution in [2.45, 2.75) is 25.9 Å². The first-order valence-electron chi connectivity index (χ1n) is 5.92. The summed E-state index contributed by atoms with van der Waals surface area (Å²) in [5.41, 5.74) is 1.09. The van der Waals surface area contributed by atoms with Crippen molar-refractivity contribution >= 4 is 27.7 Å². The molecule has 18 heavy (non-hydrogen) atoms. The van der Waals surface area contributed by atoms with Crippen molar-refractivity contribution < 1.29 is 9.59 Å². The SMILES string of the molecule is CCC1C(=O)NC(=O)CN1Cc1cccc(Br)c1. The number of nitrogens with zero attached hydrogens (tertiary/aromatic N) is 1. The molecular formula is C13H15BrN2O2. The van der Waals surface area contributed by atoms with E-state index < -0.39 is 0 Å². The van der Waals surface area contributed by atoms with Crippen molar-refractivity contribution in [1.82, 2.24) is 10.2 Å². The summed E-state index contributed by atoms with van der Waals surface area (Å²) in [6.45, 7) is 2.84. The van der Waals surface area contributed by atoms with Crippen LogP contribution >= 0.6 is 15.9 Å². The van der Waals surface area contributed by atoms with E-state index in [1.165, 1.54) is 0 Å². The van der Waals surface area contributed by atoms with Gasteiger partial charge in [0.15, 0.2) is 0 Å². The van der Waals surface area contributed by atoms with Gasteiger partial charge >= 0.3 is 0 Å². The molecule has 2 amide bonds. The Hall–Kier alpha value is -1.20. The fourth-order valence-corrected chi connectivity index (χ4v) is 2.65. The molecular weight excluding hydrogens is 296 g/mol. The number of carbonyl (C=O) groups excluding carboxylic acids is 2. The van der Waals surface area contributed by atoms with Crippen LogP contribution in [0.3, 0.4) is 0 Å². The van der Waals surface area contributed by atoms with E-state index in [4.69, 9.17) is 0 Å². The average Bonchev–Trinajstić information content (AvgIpc) is 2.28. The van der Waals surface area contributed by atoms with Crippen molar-refractivity contribution in [3.8, 4) is 0 Å². The summed E-state index contributed by atoms with van der Waals surface area (Å²) < 4.78 is 1.00. The molecule has 1 saturated heterocycles. The van der Waals surface area contributed by atoms with E-state index in [0.717, 1.165) is 10.0 Å². The van der Waals surface area contributed by atoms with Gasteiger partial charge in [0.1, 0.15) is 0 Å². The number of imide groups is 1. The molecule has 4 nitrogen and oxygen atoms in total. The third-order valence-corrected chi connectivity index (χ3v) is 3.51. The van der Waals surface area contributed by atoms with Crippen molar-refractivity contribution in [2.75, 3.05) is 6.54 Å². The molecule has 0 radical (unpaired) electrons. The zero-order valence-electron chi connectivity index (χ0n) is 10.1. The first-order chi connectivity index (χ1) is 8.60. The second-order valence-corrected chi connectivity index (χ2v) is 5.29. The fourth-order valence-electron chi connectivity index (χ4n) is 2.20. The Morgan fingerprint density at radius 2 is 2.22 bits per heavy atom. The Morgan fingerprint density at radius 3 is 2.89 bits per heavy atom. The molecule has 0 aliphatic carbocycles. The highest BCUT2D eigenvalue weighted by Gasteiger charge is 2.32. The van der Waals surface area contributed by atoms with Gasteiger partial charge < -0.3 is 0 Å². The second kappa shape index (κ2) is 5.63. The van der Waals surface area contributed by atoms with Gasteiger partial charge in [0.05, 0.1) is 12.6 Å². The van der Waals surface area contributed by atoms with Crippen LogP contribution in [0.5, 0.6) is 0 Å². The van der Waals surface area contributed by atoms with E-state index in [1.54, 1.807) is 0 Å². The van der Waals surface area contributed by atoms with Gasteiger partial charge in [-0.3, -0.25) is 19.8 Å². The summed E-state index contributed by atoms with van der Waals surface area (Å²) in [5.74, 6) is -0.413. The lowest BCUT2D eigenvalue weighted by Crippen LogP contribution is -2.57. The number of halogens is 1. The van der Waals surface area contributed by atoms with Crippen LogP contribution in [0.15, 0.2) is 28.7 Å². The number of carbonyl (C=O) groups is 2.